The van der Waals surface area contributed by atoms with Crippen LogP contribution in [0.15, 0.2) is 65.6 Å². The Bertz CT molecular complexity index is 1670. The van der Waals surface area contributed by atoms with Gasteiger partial charge in [-0.05, 0) is 60.9 Å². The minimum absolute atomic E-state index is 0.0745. The van der Waals surface area contributed by atoms with Gasteiger partial charge in [-0.15, -0.1) is 0 Å². The molecule has 0 spiro atoms. The quantitative estimate of drug-likeness (QED) is 0.260. The number of hydrogen-bond donors (Lipinski definition) is 3. The first-order valence-electron chi connectivity index (χ1n) is 13.2. The first-order valence-corrected chi connectivity index (χ1v) is 13.2. The van der Waals surface area contributed by atoms with E-state index in [1.807, 2.05) is 29.9 Å². The Labute approximate surface area is 224 Å². The third-order valence-electron chi connectivity index (χ3n) is 7.75. The molecule has 0 bridgehead atoms. The number of nitrogens with one attached hydrogen (secondary N) is 1. The molecule has 1 amide bonds. The molecule has 1 aliphatic rings. The van der Waals surface area contributed by atoms with Crippen molar-refractivity contribution < 1.29 is 24.2 Å². The van der Waals surface area contributed by atoms with Crippen LogP contribution in [-0.4, -0.2) is 42.2 Å². The summed E-state index contributed by atoms with van der Waals surface area (Å²) in [6.07, 6.45) is 10.9. The summed E-state index contributed by atoms with van der Waals surface area (Å²) in [5.74, 6) is -0.706. The number of imidazole rings is 1. The molecule has 39 heavy (non-hydrogen) atoms. The molecule has 0 unspecified atom stereocenters. The number of phenols is 1. The number of carbonyl (C=O) groups is 2. The summed E-state index contributed by atoms with van der Waals surface area (Å²) in [6.45, 7) is 0. The predicted molar refractivity (Wildman–Crippen MR) is 147 cm³/mol. The lowest BCUT2D eigenvalue weighted by molar-refractivity contribution is -0.139. The number of aromatic nitrogens is 3. The third-order valence-corrected chi connectivity index (χ3v) is 7.75. The number of amides is 1. The van der Waals surface area contributed by atoms with Crippen molar-refractivity contribution >= 4 is 33.8 Å². The van der Waals surface area contributed by atoms with Crippen LogP contribution in [0.2, 0.25) is 0 Å². The van der Waals surface area contributed by atoms with Crippen LogP contribution in [0.4, 0.5) is 0 Å². The van der Waals surface area contributed by atoms with Gasteiger partial charge >= 0.3 is 5.97 Å². The lowest BCUT2D eigenvalue weighted by Crippen LogP contribution is -2.42. The van der Waals surface area contributed by atoms with Gasteiger partial charge < -0.3 is 29.1 Å². The summed E-state index contributed by atoms with van der Waals surface area (Å²) >= 11 is 0. The highest BCUT2D eigenvalue weighted by Crippen LogP contribution is 2.36. The fraction of sp³-hybridized carbons (Fsp3) is 0.300. The molecule has 0 saturated heterocycles. The Hall–Kier alpha value is -4.53. The fourth-order valence-electron chi connectivity index (χ4n) is 5.83. The first kappa shape index (κ1) is 24.8. The van der Waals surface area contributed by atoms with Gasteiger partial charge in [-0.2, -0.15) is 0 Å². The Morgan fingerprint density at radius 1 is 1.10 bits per heavy atom. The highest BCUT2D eigenvalue weighted by molar-refractivity contribution is 6.00. The smallest absolute Gasteiger partial charge is 0.326 e. The van der Waals surface area contributed by atoms with E-state index in [1.165, 1.54) is 19.3 Å². The van der Waals surface area contributed by atoms with Gasteiger partial charge in [-0.1, -0.05) is 19.3 Å². The number of carboxylic acid groups (broad SMARTS) is 1. The molecule has 5 aromatic rings. The van der Waals surface area contributed by atoms with Gasteiger partial charge in [-0.3, -0.25) is 4.79 Å². The van der Waals surface area contributed by atoms with Crippen molar-refractivity contribution in [1.29, 1.82) is 0 Å². The van der Waals surface area contributed by atoms with E-state index in [4.69, 9.17) is 9.40 Å². The lowest BCUT2D eigenvalue weighted by atomic mass is 9.95. The van der Waals surface area contributed by atoms with Crippen molar-refractivity contribution in [2.45, 2.75) is 50.6 Å². The second-order valence-electron chi connectivity index (χ2n) is 10.3. The van der Waals surface area contributed by atoms with Gasteiger partial charge in [0.2, 0.25) is 0 Å². The van der Waals surface area contributed by atoms with Crippen molar-refractivity contribution in [2.24, 2.45) is 7.05 Å². The maximum Gasteiger partial charge on any atom is 0.326 e. The Kier molecular flexibility index (Phi) is 6.34. The van der Waals surface area contributed by atoms with E-state index in [1.54, 1.807) is 42.9 Å². The molecule has 1 fully saturated rings. The average Bonchev–Trinajstić information content (AvgIpc) is 3.66. The van der Waals surface area contributed by atoms with Crippen LogP contribution in [0, 0.1) is 0 Å². The number of furan rings is 1. The molecule has 0 radical (unpaired) electrons. The molecule has 200 valence electrons. The number of aliphatic carboxylic acids is 1. The summed E-state index contributed by atoms with van der Waals surface area (Å²) in [4.78, 5) is 30.3. The largest absolute Gasteiger partial charge is 0.508 e. The standard InChI is InChI=1S/C30H30N4O5/c1-33-16-20(23-15-22(35)8-10-26(23)33)14-25(30(37)38)32-29(36)18-7-9-27-24(13-18)31-28(19-11-12-39-17-19)34(27)21-5-3-2-4-6-21/h7-13,15-17,21,25,35H,2-6,14H2,1H3,(H,32,36)(H,37,38)/t25-/m1/s1. The number of phenolic OH excluding ortho intramolecular Hbond substituents is 1. The maximum absolute atomic E-state index is 13.3. The lowest BCUT2D eigenvalue weighted by Gasteiger charge is -2.25. The number of fused-ring (bicyclic) bond motifs is 2. The van der Waals surface area contributed by atoms with Crippen LogP contribution in [0.5, 0.6) is 5.75 Å². The number of nitrogens with zero attached hydrogens (tertiary/aromatic N) is 3. The normalized spacial score (nSPS) is 15.1. The number of aryl methyl sites for hydroxylation is 1. The summed E-state index contributed by atoms with van der Waals surface area (Å²) in [7, 11) is 1.86. The van der Waals surface area contributed by atoms with E-state index in [-0.39, 0.29) is 12.2 Å². The minimum atomic E-state index is -1.15. The number of hydrogen-bond acceptors (Lipinski definition) is 5. The zero-order valence-electron chi connectivity index (χ0n) is 21.6. The zero-order chi connectivity index (χ0) is 27.1. The Morgan fingerprint density at radius 2 is 1.90 bits per heavy atom. The van der Waals surface area contributed by atoms with E-state index in [0.717, 1.165) is 46.2 Å². The van der Waals surface area contributed by atoms with Crippen LogP contribution >= 0.6 is 0 Å². The van der Waals surface area contributed by atoms with Crippen molar-refractivity contribution in [3.8, 4) is 17.1 Å². The van der Waals surface area contributed by atoms with Crippen LogP contribution in [0.1, 0.15) is 54.1 Å². The van der Waals surface area contributed by atoms with E-state index in [0.29, 0.717) is 17.1 Å². The van der Waals surface area contributed by atoms with Crippen LogP contribution < -0.4 is 5.32 Å². The van der Waals surface area contributed by atoms with E-state index >= 15 is 0 Å². The number of benzene rings is 2. The number of carboxylic acids is 1. The van der Waals surface area contributed by atoms with Crippen LogP contribution in [-0.2, 0) is 18.3 Å². The molecular weight excluding hydrogens is 496 g/mol. The van der Waals surface area contributed by atoms with Gasteiger partial charge in [0, 0.05) is 42.2 Å². The van der Waals surface area contributed by atoms with Crippen molar-refractivity contribution in [1.82, 2.24) is 19.4 Å². The second kappa shape index (κ2) is 9.98. The summed E-state index contributed by atoms with van der Waals surface area (Å²) < 4.78 is 9.47. The molecule has 1 aliphatic carbocycles. The molecule has 9 nitrogen and oxygen atoms in total. The summed E-state index contributed by atoms with van der Waals surface area (Å²) in [6, 6.07) is 11.4. The van der Waals surface area contributed by atoms with Gasteiger partial charge in [0.25, 0.3) is 5.91 Å². The Balaban J connectivity index is 1.30. The molecule has 6 rings (SSSR count). The molecule has 9 heteroatoms. The van der Waals surface area contributed by atoms with Crippen LogP contribution in [0.25, 0.3) is 33.3 Å². The van der Waals surface area contributed by atoms with Crippen molar-refractivity contribution in [3.63, 3.8) is 0 Å². The number of carbonyl (C=O) groups excluding carboxylic acids is 1. The van der Waals surface area contributed by atoms with Crippen LogP contribution in [0.3, 0.4) is 0 Å². The average molecular weight is 527 g/mol. The van der Waals surface area contributed by atoms with Gasteiger partial charge in [0.1, 0.15) is 23.9 Å². The maximum atomic E-state index is 13.3. The molecule has 1 atom stereocenters. The number of aromatic hydroxyl groups is 1. The molecule has 1 saturated carbocycles. The third kappa shape index (κ3) is 4.65. The minimum Gasteiger partial charge on any atom is -0.508 e. The molecule has 0 aliphatic heterocycles. The van der Waals surface area contributed by atoms with Gasteiger partial charge in [0.15, 0.2) is 0 Å². The van der Waals surface area contributed by atoms with Gasteiger partial charge in [-0.25, -0.2) is 9.78 Å². The van der Waals surface area contributed by atoms with Gasteiger partial charge in [0.05, 0.1) is 22.9 Å². The number of rotatable bonds is 7. The second-order valence-corrected chi connectivity index (χ2v) is 10.3. The topological polar surface area (TPSA) is 123 Å². The first-order chi connectivity index (χ1) is 18.9. The van der Waals surface area contributed by atoms with E-state index < -0.39 is 17.9 Å². The SMILES string of the molecule is Cn1cc(C[C@@H](NC(=O)c2ccc3c(c2)nc(-c2ccoc2)n3C2CCCCC2)C(=O)O)c2cc(O)ccc21. The van der Waals surface area contributed by atoms with Crippen molar-refractivity contribution in [2.75, 3.05) is 0 Å². The molecule has 3 N–H and O–H groups in total. The molecular formula is C30H30N4O5. The van der Waals surface area contributed by atoms with E-state index in [2.05, 4.69) is 9.88 Å². The molecule has 2 aromatic carbocycles. The fourth-order valence-corrected chi connectivity index (χ4v) is 5.83. The predicted octanol–water partition coefficient (Wildman–Crippen LogP) is 5.42. The zero-order valence-corrected chi connectivity index (χ0v) is 21.6. The Morgan fingerprint density at radius 3 is 2.64 bits per heavy atom. The highest BCUT2D eigenvalue weighted by atomic mass is 16.4. The molecule has 3 aromatic heterocycles. The van der Waals surface area contributed by atoms with Crippen molar-refractivity contribution in [3.05, 3.63) is 72.3 Å². The summed E-state index contributed by atoms with van der Waals surface area (Å²) in [5.41, 5.74) is 4.44. The highest BCUT2D eigenvalue weighted by Gasteiger charge is 2.26. The molecule has 3 heterocycles. The monoisotopic (exact) mass is 526 g/mol. The summed E-state index contributed by atoms with van der Waals surface area (Å²) in [5, 5.41) is 23.3. The van der Waals surface area contributed by atoms with E-state index in [9.17, 15) is 19.8 Å².